The quantitative estimate of drug-likeness (QED) is 0.691. The maximum atomic E-state index is 12.9. The number of hydrogen-bond acceptors (Lipinski definition) is 4. The number of para-hydroxylation sites is 2. The molecule has 3 aromatic rings. The second-order valence-corrected chi connectivity index (χ2v) is 7.71. The highest BCUT2D eigenvalue weighted by molar-refractivity contribution is 5.95. The highest BCUT2D eigenvalue weighted by Crippen LogP contribution is 2.33. The molecule has 0 radical (unpaired) electrons. The van der Waals surface area contributed by atoms with Gasteiger partial charge in [0.05, 0.1) is 24.5 Å². The SMILES string of the molecule is CC(=O)N1CC(C(=O)NCc2c(C)nn(Cc3ccccc3)c2C)Oc2ccccc21. The molecule has 0 bridgehead atoms. The monoisotopic (exact) mass is 418 g/mol. The van der Waals surface area contributed by atoms with Crippen LogP contribution in [-0.4, -0.2) is 34.2 Å². The molecule has 0 fully saturated rings. The smallest absolute Gasteiger partial charge is 0.263 e. The van der Waals surface area contributed by atoms with Crippen molar-refractivity contribution in [3.63, 3.8) is 0 Å². The number of carbonyl (C=O) groups excluding carboxylic acids is 2. The summed E-state index contributed by atoms with van der Waals surface area (Å²) in [5.74, 6) is 0.157. The molecule has 2 aromatic carbocycles. The fraction of sp³-hybridized carbons (Fsp3) is 0.292. The van der Waals surface area contributed by atoms with Crippen LogP contribution in [0.4, 0.5) is 5.69 Å². The van der Waals surface area contributed by atoms with Gasteiger partial charge < -0.3 is 15.0 Å². The van der Waals surface area contributed by atoms with Crippen LogP contribution in [0, 0.1) is 13.8 Å². The molecule has 4 rings (SSSR count). The van der Waals surface area contributed by atoms with Crippen molar-refractivity contribution in [1.29, 1.82) is 0 Å². The lowest BCUT2D eigenvalue weighted by molar-refractivity contribution is -0.128. The molecule has 7 nitrogen and oxygen atoms in total. The number of hydrogen-bond donors (Lipinski definition) is 1. The molecule has 31 heavy (non-hydrogen) atoms. The Bertz CT molecular complexity index is 1110. The van der Waals surface area contributed by atoms with Crippen LogP contribution in [0.3, 0.4) is 0 Å². The number of rotatable bonds is 5. The lowest BCUT2D eigenvalue weighted by Gasteiger charge is -2.33. The molecular weight excluding hydrogens is 392 g/mol. The van der Waals surface area contributed by atoms with Crippen molar-refractivity contribution in [2.24, 2.45) is 0 Å². The van der Waals surface area contributed by atoms with E-state index < -0.39 is 6.10 Å². The summed E-state index contributed by atoms with van der Waals surface area (Å²) in [6.45, 7) is 6.66. The van der Waals surface area contributed by atoms with Gasteiger partial charge in [-0.25, -0.2) is 0 Å². The molecule has 0 saturated carbocycles. The van der Waals surface area contributed by atoms with Gasteiger partial charge in [0, 0.05) is 24.7 Å². The summed E-state index contributed by atoms with van der Waals surface area (Å²) < 4.78 is 7.84. The van der Waals surface area contributed by atoms with Gasteiger partial charge in [0.1, 0.15) is 5.75 Å². The highest BCUT2D eigenvalue weighted by Gasteiger charge is 2.32. The zero-order valence-electron chi connectivity index (χ0n) is 18.0. The van der Waals surface area contributed by atoms with Crippen molar-refractivity contribution in [3.05, 3.63) is 77.1 Å². The first-order chi connectivity index (χ1) is 14.9. The van der Waals surface area contributed by atoms with E-state index in [1.165, 1.54) is 12.5 Å². The van der Waals surface area contributed by atoms with Gasteiger partial charge in [0.2, 0.25) is 5.91 Å². The summed E-state index contributed by atoms with van der Waals surface area (Å²) in [5, 5.41) is 7.60. The van der Waals surface area contributed by atoms with E-state index in [1.54, 1.807) is 11.0 Å². The first-order valence-corrected chi connectivity index (χ1v) is 10.3. The average molecular weight is 418 g/mol. The fourth-order valence-electron chi connectivity index (χ4n) is 3.86. The van der Waals surface area contributed by atoms with Crippen molar-refractivity contribution in [1.82, 2.24) is 15.1 Å². The number of nitrogens with one attached hydrogen (secondary N) is 1. The van der Waals surface area contributed by atoms with Crippen LogP contribution in [0.5, 0.6) is 5.75 Å². The van der Waals surface area contributed by atoms with Crippen molar-refractivity contribution >= 4 is 17.5 Å². The van der Waals surface area contributed by atoms with E-state index in [2.05, 4.69) is 22.5 Å². The van der Waals surface area contributed by atoms with Crippen LogP contribution >= 0.6 is 0 Å². The number of anilines is 1. The molecule has 0 aliphatic carbocycles. The normalized spacial score (nSPS) is 15.2. The van der Waals surface area contributed by atoms with E-state index >= 15 is 0 Å². The molecule has 0 saturated heterocycles. The Kier molecular flexibility index (Phi) is 5.75. The van der Waals surface area contributed by atoms with Gasteiger partial charge in [-0.3, -0.25) is 14.3 Å². The molecule has 0 spiro atoms. The standard InChI is InChI=1S/C24H26N4O3/c1-16-20(17(2)28(26-16)14-19-9-5-4-6-10-19)13-25-24(30)23-15-27(18(3)29)21-11-7-8-12-22(21)31-23/h4-12,23H,13-15H2,1-3H3,(H,25,30). The minimum atomic E-state index is -0.765. The van der Waals surface area contributed by atoms with Gasteiger partial charge in [-0.2, -0.15) is 5.10 Å². The van der Waals surface area contributed by atoms with Gasteiger partial charge >= 0.3 is 0 Å². The van der Waals surface area contributed by atoms with Crippen LogP contribution in [0.15, 0.2) is 54.6 Å². The summed E-state index contributed by atoms with van der Waals surface area (Å²) in [5.41, 5.74) is 4.75. The second-order valence-electron chi connectivity index (χ2n) is 7.71. The van der Waals surface area contributed by atoms with Crippen molar-refractivity contribution in [2.45, 2.75) is 40.0 Å². The second kappa shape index (κ2) is 8.63. The average Bonchev–Trinajstić information content (AvgIpc) is 3.04. The number of benzene rings is 2. The molecule has 2 heterocycles. The molecule has 1 aromatic heterocycles. The van der Waals surface area contributed by atoms with Crippen molar-refractivity contribution in [3.8, 4) is 5.75 Å². The van der Waals surface area contributed by atoms with Crippen LogP contribution in [0.1, 0.15) is 29.4 Å². The highest BCUT2D eigenvalue weighted by atomic mass is 16.5. The summed E-state index contributed by atoms with van der Waals surface area (Å²) >= 11 is 0. The topological polar surface area (TPSA) is 76.5 Å². The Morgan fingerprint density at radius 2 is 1.81 bits per heavy atom. The number of aromatic nitrogens is 2. The summed E-state index contributed by atoms with van der Waals surface area (Å²) in [6, 6.07) is 17.4. The zero-order valence-corrected chi connectivity index (χ0v) is 18.0. The molecule has 1 atom stereocenters. The fourth-order valence-corrected chi connectivity index (χ4v) is 3.86. The first-order valence-electron chi connectivity index (χ1n) is 10.3. The lowest BCUT2D eigenvalue weighted by Crippen LogP contribution is -2.50. The third-order valence-electron chi connectivity index (χ3n) is 5.59. The number of fused-ring (bicyclic) bond motifs is 1. The summed E-state index contributed by atoms with van der Waals surface area (Å²) in [4.78, 5) is 26.5. The Balaban J connectivity index is 1.45. The molecule has 7 heteroatoms. The van der Waals surface area contributed by atoms with Gasteiger partial charge in [0.25, 0.3) is 5.91 Å². The van der Waals surface area contributed by atoms with E-state index in [1.807, 2.05) is 54.9 Å². The Hall–Kier alpha value is -3.61. The predicted octanol–water partition coefficient (Wildman–Crippen LogP) is 2.98. The maximum Gasteiger partial charge on any atom is 0.263 e. The molecule has 2 amide bonds. The van der Waals surface area contributed by atoms with E-state index in [0.717, 1.165) is 17.0 Å². The van der Waals surface area contributed by atoms with Crippen LogP contribution in [-0.2, 0) is 22.7 Å². The first kappa shape index (κ1) is 20.7. The Labute approximate surface area is 181 Å². The molecule has 160 valence electrons. The largest absolute Gasteiger partial charge is 0.477 e. The number of nitrogens with zero attached hydrogens (tertiary/aromatic N) is 3. The number of ether oxygens (including phenoxy) is 1. The van der Waals surface area contributed by atoms with Crippen LogP contribution in [0.2, 0.25) is 0 Å². The lowest BCUT2D eigenvalue weighted by atomic mass is 10.1. The third kappa shape index (κ3) is 4.30. The maximum absolute atomic E-state index is 12.9. The number of aryl methyl sites for hydroxylation is 1. The summed E-state index contributed by atoms with van der Waals surface area (Å²) in [7, 11) is 0. The Morgan fingerprint density at radius 1 is 1.10 bits per heavy atom. The van der Waals surface area contributed by atoms with Crippen molar-refractivity contribution in [2.75, 3.05) is 11.4 Å². The predicted molar refractivity (Wildman–Crippen MR) is 118 cm³/mol. The molecular formula is C24H26N4O3. The van der Waals surface area contributed by atoms with E-state index in [-0.39, 0.29) is 18.4 Å². The molecule has 1 aliphatic rings. The third-order valence-corrected chi connectivity index (χ3v) is 5.59. The van der Waals surface area contributed by atoms with E-state index in [0.29, 0.717) is 24.5 Å². The minimum Gasteiger partial charge on any atom is -0.477 e. The van der Waals surface area contributed by atoms with Crippen LogP contribution in [0.25, 0.3) is 0 Å². The Morgan fingerprint density at radius 3 is 2.55 bits per heavy atom. The minimum absolute atomic E-state index is 0.123. The van der Waals surface area contributed by atoms with Gasteiger partial charge in [-0.1, -0.05) is 42.5 Å². The molecule has 1 unspecified atom stereocenters. The van der Waals surface area contributed by atoms with E-state index in [9.17, 15) is 9.59 Å². The van der Waals surface area contributed by atoms with Gasteiger partial charge in [-0.15, -0.1) is 0 Å². The number of amides is 2. The molecule has 1 N–H and O–H groups in total. The zero-order chi connectivity index (χ0) is 22.0. The number of carbonyl (C=O) groups is 2. The van der Waals surface area contributed by atoms with Crippen LogP contribution < -0.4 is 15.0 Å². The summed E-state index contributed by atoms with van der Waals surface area (Å²) in [6.07, 6.45) is -0.765. The van der Waals surface area contributed by atoms with Gasteiger partial charge in [0.15, 0.2) is 6.10 Å². The van der Waals surface area contributed by atoms with Gasteiger partial charge in [-0.05, 0) is 31.5 Å². The molecule has 1 aliphatic heterocycles. The van der Waals surface area contributed by atoms with Crippen molar-refractivity contribution < 1.29 is 14.3 Å². The van der Waals surface area contributed by atoms with E-state index in [4.69, 9.17) is 4.74 Å².